The van der Waals surface area contributed by atoms with Gasteiger partial charge in [-0.2, -0.15) is 0 Å². The summed E-state index contributed by atoms with van der Waals surface area (Å²) in [6.45, 7) is 7.07. The van der Waals surface area contributed by atoms with Gasteiger partial charge in [-0.25, -0.2) is 8.78 Å². The number of benzene rings is 2. The van der Waals surface area contributed by atoms with Crippen LogP contribution >= 0.6 is 12.1 Å². The standard InChI is InChI=1S/C16H17F2NOP2S2/c1-21(2,23)15-11(17)12(18)16(22(3,4)24)14-13(15)19-9-7-5-6-8-10(9)20-14/h5-8,19H,1-4H3. The first-order valence-corrected chi connectivity index (χ1v) is 14.6. The van der Waals surface area contributed by atoms with Gasteiger partial charge in [-0.05, 0) is 50.9 Å². The average molecular weight is 403 g/mol. The molecule has 1 N–H and O–H groups in total. The molecule has 24 heavy (non-hydrogen) atoms. The Hall–Kier alpha value is -0.800. The molecule has 2 aromatic rings. The van der Waals surface area contributed by atoms with Gasteiger partial charge in [-0.15, -0.1) is 0 Å². The SMILES string of the molecule is CP(C)(=S)c1c(F)c(F)c(P(C)(C)=S)c2c1Nc1ccccc1O2. The summed E-state index contributed by atoms with van der Waals surface area (Å²) in [6.07, 6.45) is 0. The van der Waals surface area contributed by atoms with Gasteiger partial charge in [0.25, 0.3) is 0 Å². The lowest BCUT2D eigenvalue weighted by Crippen LogP contribution is -2.27. The second-order valence-electron chi connectivity index (χ2n) is 6.45. The third kappa shape index (κ3) is 2.94. The van der Waals surface area contributed by atoms with Crippen LogP contribution < -0.4 is 20.7 Å². The van der Waals surface area contributed by atoms with E-state index in [4.69, 9.17) is 28.4 Å². The predicted octanol–water partition coefficient (Wildman–Crippen LogP) is 4.54. The number of rotatable bonds is 2. The van der Waals surface area contributed by atoms with Crippen LogP contribution in [0.2, 0.25) is 0 Å². The van der Waals surface area contributed by atoms with Gasteiger partial charge < -0.3 is 10.1 Å². The molecule has 1 aliphatic heterocycles. The number of ether oxygens (including phenoxy) is 1. The Morgan fingerprint density at radius 1 is 0.917 bits per heavy atom. The number of hydrogen-bond donors (Lipinski definition) is 1. The largest absolute Gasteiger partial charge is 0.452 e. The van der Waals surface area contributed by atoms with E-state index < -0.39 is 23.7 Å². The van der Waals surface area contributed by atoms with Gasteiger partial charge in [0.15, 0.2) is 23.1 Å². The Bertz CT molecular complexity index is 874. The Kier molecular flexibility index (Phi) is 4.41. The highest BCUT2D eigenvalue weighted by Crippen LogP contribution is 2.52. The third-order valence-electron chi connectivity index (χ3n) is 3.72. The highest BCUT2D eigenvalue weighted by atomic mass is 32.4. The van der Waals surface area contributed by atoms with Gasteiger partial charge in [0.2, 0.25) is 0 Å². The van der Waals surface area contributed by atoms with E-state index in [-0.39, 0.29) is 16.4 Å². The minimum atomic E-state index is -2.30. The minimum Gasteiger partial charge on any atom is -0.452 e. The minimum absolute atomic E-state index is 0.152. The van der Waals surface area contributed by atoms with Crippen molar-refractivity contribution in [2.24, 2.45) is 0 Å². The Morgan fingerprint density at radius 3 is 2.04 bits per heavy atom. The maximum atomic E-state index is 14.9. The van der Waals surface area contributed by atoms with E-state index in [1.807, 2.05) is 18.2 Å². The Balaban J connectivity index is 2.43. The van der Waals surface area contributed by atoms with Crippen LogP contribution in [0.5, 0.6) is 11.5 Å². The molecule has 3 rings (SSSR count). The fraction of sp³-hybridized carbons (Fsp3) is 0.250. The molecule has 0 unspecified atom stereocenters. The first kappa shape index (κ1) is 18.0. The van der Waals surface area contributed by atoms with Gasteiger partial charge in [-0.3, -0.25) is 0 Å². The number of nitrogens with one attached hydrogen (secondary N) is 1. The molecule has 2 aromatic carbocycles. The predicted molar refractivity (Wildman–Crippen MR) is 108 cm³/mol. The molecule has 0 spiro atoms. The van der Waals surface area contributed by atoms with Crippen LogP contribution in [0.15, 0.2) is 24.3 Å². The Labute approximate surface area is 150 Å². The van der Waals surface area contributed by atoms with Crippen LogP contribution in [-0.4, -0.2) is 26.7 Å². The zero-order valence-corrected chi connectivity index (χ0v) is 17.1. The number of hydrogen-bond acceptors (Lipinski definition) is 4. The van der Waals surface area contributed by atoms with Crippen molar-refractivity contribution >= 4 is 57.7 Å². The lowest BCUT2D eigenvalue weighted by Gasteiger charge is -2.30. The van der Waals surface area contributed by atoms with Crippen LogP contribution in [0, 0.1) is 11.6 Å². The van der Waals surface area contributed by atoms with Crippen molar-refractivity contribution in [3.05, 3.63) is 35.9 Å². The fourth-order valence-corrected chi connectivity index (χ4v) is 6.24. The van der Waals surface area contributed by atoms with Crippen LogP contribution in [0.4, 0.5) is 20.2 Å². The molecule has 0 radical (unpaired) electrons. The molecule has 0 bridgehead atoms. The quantitative estimate of drug-likeness (QED) is 0.634. The van der Waals surface area contributed by atoms with Gasteiger partial charge in [-0.1, -0.05) is 35.7 Å². The molecule has 0 fully saturated rings. The van der Waals surface area contributed by atoms with Crippen molar-refractivity contribution in [2.75, 3.05) is 32.0 Å². The van der Waals surface area contributed by atoms with E-state index in [2.05, 4.69) is 5.32 Å². The molecular weight excluding hydrogens is 386 g/mol. The van der Waals surface area contributed by atoms with Crippen LogP contribution in [-0.2, 0) is 23.6 Å². The van der Waals surface area contributed by atoms with Gasteiger partial charge in [0, 0.05) is 0 Å². The van der Waals surface area contributed by atoms with Crippen molar-refractivity contribution in [3.63, 3.8) is 0 Å². The molecule has 0 aromatic heterocycles. The van der Waals surface area contributed by atoms with Crippen LogP contribution in [0.25, 0.3) is 0 Å². The zero-order chi connectivity index (χ0) is 17.9. The number of fused-ring (bicyclic) bond motifs is 2. The summed E-state index contributed by atoms with van der Waals surface area (Å²) < 4.78 is 35.8. The maximum Gasteiger partial charge on any atom is 0.171 e. The molecule has 128 valence electrons. The molecule has 2 nitrogen and oxygen atoms in total. The summed E-state index contributed by atoms with van der Waals surface area (Å²) in [5.41, 5.74) is 1.13. The van der Waals surface area contributed by atoms with Gasteiger partial charge in [0.1, 0.15) is 0 Å². The molecule has 0 saturated carbocycles. The van der Waals surface area contributed by atoms with E-state index >= 15 is 0 Å². The van der Waals surface area contributed by atoms with E-state index in [0.717, 1.165) is 0 Å². The third-order valence-corrected chi connectivity index (χ3v) is 7.79. The second-order valence-corrected chi connectivity index (χ2v) is 18.2. The maximum absolute atomic E-state index is 14.9. The molecule has 1 heterocycles. The lowest BCUT2D eigenvalue weighted by molar-refractivity contribution is 0.471. The van der Waals surface area contributed by atoms with Crippen molar-refractivity contribution in [1.82, 2.24) is 0 Å². The normalized spacial score (nSPS) is 13.6. The van der Waals surface area contributed by atoms with E-state index in [1.54, 1.807) is 32.7 Å². The van der Waals surface area contributed by atoms with E-state index in [0.29, 0.717) is 17.1 Å². The molecule has 0 atom stereocenters. The van der Waals surface area contributed by atoms with Gasteiger partial charge in [0.05, 0.1) is 22.0 Å². The fourth-order valence-electron chi connectivity index (χ4n) is 2.75. The molecule has 0 saturated heterocycles. The van der Waals surface area contributed by atoms with Crippen molar-refractivity contribution in [3.8, 4) is 11.5 Å². The van der Waals surface area contributed by atoms with Crippen LogP contribution in [0.1, 0.15) is 0 Å². The summed E-state index contributed by atoms with van der Waals surface area (Å²) in [6, 6.07) is 2.70. The van der Waals surface area contributed by atoms with E-state index in [9.17, 15) is 8.78 Å². The Morgan fingerprint density at radius 2 is 1.46 bits per heavy atom. The van der Waals surface area contributed by atoms with Crippen molar-refractivity contribution in [2.45, 2.75) is 0 Å². The molecule has 0 aliphatic carbocycles. The number of para-hydroxylation sites is 2. The number of anilines is 2. The second kappa shape index (κ2) is 5.88. The van der Waals surface area contributed by atoms with Crippen molar-refractivity contribution < 1.29 is 13.5 Å². The topological polar surface area (TPSA) is 21.3 Å². The lowest BCUT2D eigenvalue weighted by atomic mass is 10.2. The highest BCUT2D eigenvalue weighted by molar-refractivity contribution is 8.18. The summed E-state index contributed by atoms with van der Waals surface area (Å²) >= 11 is 11.0. The first-order chi connectivity index (χ1) is 11.0. The highest BCUT2D eigenvalue weighted by Gasteiger charge is 2.35. The molecule has 0 amide bonds. The van der Waals surface area contributed by atoms with E-state index in [1.165, 1.54) is 0 Å². The zero-order valence-electron chi connectivity index (χ0n) is 13.7. The summed E-state index contributed by atoms with van der Waals surface area (Å²) in [5, 5.41) is 3.55. The van der Waals surface area contributed by atoms with Crippen molar-refractivity contribution in [1.29, 1.82) is 0 Å². The monoisotopic (exact) mass is 403 g/mol. The first-order valence-electron chi connectivity index (χ1n) is 7.21. The average Bonchev–Trinajstić information content (AvgIpc) is 2.44. The smallest absolute Gasteiger partial charge is 0.171 e. The van der Waals surface area contributed by atoms with Crippen LogP contribution in [0.3, 0.4) is 0 Å². The molecule has 1 aliphatic rings. The molecular formula is C16H17F2NOP2S2. The number of halogens is 2. The summed E-state index contributed by atoms with van der Waals surface area (Å²) in [7, 11) is 0. The summed E-state index contributed by atoms with van der Waals surface area (Å²) in [4.78, 5) is 0. The molecule has 8 heteroatoms. The van der Waals surface area contributed by atoms with Gasteiger partial charge >= 0.3 is 0 Å². The summed E-state index contributed by atoms with van der Waals surface area (Å²) in [5.74, 6) is -0.970.